The standard InChI is InChI=1S/C17H9BrFNO3/c18-13-2-3-14(19)11(6-13)5-12(8-20)17(21)10-1-4-15-16(7-10)23-9-22-15/h1-7H,9H2/b12-5+. The number of nitrogens with zero attached hydrogens (tertiary/aromatic N) is 1. The van der Waals surface area contributed by atoms with Gasteiger partial charge in [-0.25, -0.2) is 4.39 Å². The number of nitriles is 1. The van der Waals surface area contributed by atoms with Crippen LogP contribution in [0.3, 0.4) is 0 Å². The second-order valence-electron chi connectivity index (χ2n) is 4.73. The summed E-state index contributed by atoms with van der Waals surface area (Å²) in [5, 5.41) is 9.24. The van der Waals surface area contributed by atoms with E-state index in [1.165, 1.54) is 30.3 Å². The van der Waals surface area contributed by atoms with Crippen molar-refractivity contribution in [1.82, 2.24) is 0 Å². The maximum absolute atomic E-state index is 13.8. The van der Waals surface area contributed by atoms with E-state index in [0.29, 0.717) is 16.0 Å². The van der Waals surface area contributed by atoms with Crippen LogP contribution in [0.25, 0.3) is 6.08 Å². The Bertz CT molecular complexity index is 871. The van der Waals surface area contributed by atoms with Crippen molar-refractivity contribution >= 4 is 27.8 Å². The van der Waals surface area contributed by atoms with Crippen molar-refractivity contribution in [3.05, 3.63) is 63.4 Å². The Morgan fingerprint density at radius 3 is 2.78 bits per heavy atom. The van der Waals surface area contributed by atoms with Crippen molar-refractivity contribution in [3.63, 3.8) is 0 Å². The zero-order valence-corrected chi connectivity index (χ0v) is 13.3. The average Bonchev–Trinajstić information content (AvgIpc) is 3.02. The molecule has 0 N–H and O–H groups in total. The van der Waals surface area contributed by atoms with E-state index in [2.05, 4.69) is 15.9 Å². The van der Waals surface area contributed by atoms with Gasteiger partial charge in [0.25, 0.3) is 0 Å². The minimum absolute atomic E-state index is 0.0944. The molecule has 0 bridgehead atoms. The zero-order valence-electron chi connectivity index (χ0n) is 11.7. The molecule has 0 amide bonds. The first kappa shape index (κ1) is 15.3. The number of rotatable bonds is 3. The molecule has 3 rings (SSSR count). The molecule has 0 atom stereocenters. The molecule has 1 aliphatic rings. The van der Waals surface area contributed by atoms with Crippen molar-refractivity contribution in [1.29, 1.82) is 5.26 Å². The molecule has 0 aliphatic carbocycles. The first-order valence-electron chi connectivity index (χ1n) is 6.59. The van der Waals surface area contributed by atoms with Gasteiger partial charge in [-0.15, -0.1) is 0 Å². The molecule has 0 unspecified atom stereocenters. The third kappa shape index (κ3) is 3.10. The Hall–Kier alpha value is -2.65. The van der Waals surface area contributed by atoms with Gasteiger partial charge >= 0.3 is 0 Å². The number of hydrogen-bond acceptors (Lipinski definition) is 4. The molecule has 1 aliphatic heterocycles. The summed E-state index contributed by atoms with van der Waals surface area (Å²) >= 11 is 3.23. The Morgan fingerprint density at radius 2 is 2.00 bits per heavy atom. The van der Waals surface area contributed by atoms with Crippen LogP contribution in [0.4, 0.5) is 4.39 Å². The summed E-state index contributed by atoms with van der Waals surface area (Å²) in [6, 6.07) is 10.8. The number of Topliss-reactive ketones (excluding diaryl/α,β-unsaturated/α-hetero) is 1. The van der Waals surface area contributed by atoms with Gasteiger partial charge in [0, 0.05) is 15.6 Å². The molecule has 2 aromatic rings. The van der Waals surface area contributed by atoms with Crippen LogP contribution in [0.15, 0.2) is 46.4 Å². The molecule has 0 fully saturated rings. The summed E-state index contributed by atoms with van der Waals surface area (Å²) < 4.78 is 24.8. The first-order valence-corrected chi connectivity index (χ1v) is 7.39. The molecular formula is C17H9BrFNO3. The van der Waals surface area contributed by atoms with Crippen molar-refractivity contribution in [2.24, 2.45) is 0 Å². The van der Waals surface area contributed by atoms with E-state index in [0.717, 1.165) is 0 Å². The highest BCUT2D eigenvalue weighted by atomic mass is 79.9. The molecule has 23 heavy (non-hydrogen) atoms. The lowest BCUT2D eigenvalue weighted by Gasteiger charge is -2.03. The fourth-order valence-corrected chi connectivity index (χ4v) is 2.50. The van der Waals surface area contributed by atoms with Gasteiger partial charge in [-0.3, -0.25) is 4.79 Å². The number of carbonyl (C=O) groups is 1. The molecular weight excluding hydrogens is 365 g/mol. The number of benzene rings is 2. The normalized spacial score (nSPS) is 12.8. The van der Waals surface area contributed by atoms with E-state index in [9.17, 15) is 14.4 Å². The van der Waals surface area contributed by atoms with Gasteiger partial charge in [-0.2, -0.15) is 5.26 Å². The highest BCUT2D eigenvalue weighted by molar-refractivity contribution is 9.10. The van der Waals surface area contributed by atoms with Crippen molar-refractivity contribution in [2.75, 3.05) is 6.79 Å². The van der Waals surface area contributed by atoms with E-state index in [1.807, 2.05) is 6.07 Å². The summed E-state index contributed by atoms with van der Waals surface area (Å²) in [4.78, 5) is 12.5. The number of halogens is 2. The largest absolute Gasteiger partial charge is 0.454 e. The highest BCUT2D eigenvalue weighted by Gasteiger charge is 2.19. The van der Waals surface area contributed by atoms with E-state index in [1.54, 1.807) is 12.1 Å². The summed E-state index contributed by atoms with van der Waals surface area (Å²) in [7, 11) is 0. The van der Waals surface area contributed by atoms with Crippen molar-refractivity contribution in [2.45, 2.75) is 0 Å². The van der Waals surface area contributed by atoms with Crippen LogP contribution in [0, 0.1) is 17.1 Å². The van der Waals surface area contributed by atoms with E-state index in [-0.39, 0.29) is 23.5 Å². The monoisotopic (exact) mass is 373 g/mol. The first-order chi connectivity index (χ1) is 11.1. The number of allylic oxidation sites excluding steroid dienone is 1. The quantitative estimate of drug-likeness (QED) is 0.461. The molecule has 114 valence electrons. The molecule has 0 saturated heterocycles. The molecule has 1 heterocycles. The van der Waals surface area contributed by atoms with Crippen LogP contribution in [-0.4, -0.2) is 12.6 Å². The predicted octanol–water partition coefficient (Wildman–Crippen LogP) is 4.11. The van der Waals surface area contributed by atoms with Crippen LogP contribution in [0.5, 0.6) is 11.5 Å². The van der Waals surface area contributed by atoms with Gasteiger partial charge in [0.05, 0.1) is 0 Å². The number of hydrogen-bond donors (Lipinski definition) is 0. The molecule has 4 nitrogen and oxygen atoms in total. The highest BCUT2D eigenvalue weighted by Crippen LogP contribution is 2.33. The second-order valence-corrected chi connectivity index (χ2v) is 5.65. The molecule has 6 heteroatoms. The lowest BCUT2D eigenvalue weighted by Crippen LogP contribution is -2.02. The van der Waals surface area contributed by atoms with Crippen LogP contribution in [0.2, 0.25) is 0 Å². The summed E-state index contributed by atoms with van der Waals surface area (Å²) in [6.45, 7) is 0.0944. The van der Waals surface area contributed by atoms with Crippen LogP contribution in [-0.2, 0) is 0 Å². The van der Waals surface area contributed by atoms with Gasteiger partial charge in [-0.1, -0.05) is 15.9 Å². The number of ether oxygens (including phenoxy) is 2. The summed E-state index contributed by atoms with van der Waals surface area (Å²) in [6.07, 6.45) is 1.23. The summed E-state index contributed by atoms with van der Waals surface area (Å²) in [5.41, 5.74) is 0.267. The van der Waals surface area contributed by atoms with E-state index >= 15 is 0 Å². The lowest BCUT2D eigenvalue weighted by atomic mass is 10.0. The number of fused-ring (bicyclic) bond motifs is 1. The fourth-order valence-electron chi connectivity index (χ4n) is 2.12. The Morgan fingerprint density at radius 1 is 1.22 bits per heavy atom. The smallest absolute Gasteiger partial charge is 0.231 e. The van der Waals surface area contributed by atoms with Gasteiger partial charge in [0.15, 0.2) is 11.5 Å². The topological polar surface area (TPSA) is 59.3 Å². The lowest BCUT2D eigenvalue weighted by molar-refractivity contribution is 0.103. The summed E-state index contributed by atoms with van der Waals surface area (Å²) in [5.74, 6) is -0.0338. The zero-order chi connectivity index (χ0) is 16.4. The minimum Gasteiger partial charge on any atom is -0.454 e. The maximum atomic E-state index is 13.8. The van der Waals surface area contributed by atoms with Gasteiger partial charge < -0.3 is 9.47 Å². The molecule has 0 saturated carbocycles. The van der Waals surface area contributed by atoms with Crippen LogP contribution >= 0.6 is 15.9 Å². The Labute approximate surface area is 139 Å². The van der Waals surface area contributed by atoms with Gasteiger partial charge in [0.1, 0.15) is 17.5 Å². The van der Waals surface area contributed by atoms with Crippen LogP contribution in [0.1, 0.15) is 15.9 Å². The van der Waals surface area contributed by atoms with Crippen LogP contribution < -0.4 is 9.47 Å². The molecule has 0 radical (unpaired) electrons. The van der Waals surface area contributed by atoms with E-state index in [4.69, 9.17) is 9.47 Å². The fraction of sp³-hybridized carbons (Fsp3) is 0.0588. The molecule has 0 spiro atoms. The maximum Gasteiger partial charge on any atom is 0.231 e. The predicted molar refractivity (Wildman–Crippen MR) is 84.6 cm³/mol. The van der Waals surface area contributed by atoms with E-state index < -0.39 is 11.6 Å². The average molecular weight is 374 g/mol. The van der Waals surface area contributed by atoms with Crippen molar-refractivity contribution in [3.8, 4) is 17.6 Å². The Balaban J connectivity index is 1.97. The minimum atomic E-state index is -0.514. The van der Waals surface area contributed by atoms with Gasteiger partial charge in [0.2, 0.25) is 12.6 Å². The van der Waals surface area contributed by atoms with Crippen molar-refractivity contribution < 1.29 is 18.7 Å². The molecule has 2 aromatic carbocycles. The third-order valence-corrected chi connectivity index (χ3v) is 3.75. The third-order valence-electron chi connectivity index (χ3n) is 3.26. The SMILES string of the molecule is N#C/C(=C\c1cc(Br)ccc1F)C(=O)c1ccc2c(c1)OCO2. The molecule has 0 aromatic heterocycles. The number of carbonyl (C=O) groups excluding carboxylic acids is 1. The number of ketones is 1. The van der Waals surface area contributed by atoms with Gasteiger partial charge in [-0.05, 0) is 42.5 Å². The second kappa shape index (κ2) is 6.23. The Kier molecular flexibility index (Phi) is 4.13.